The number of aliphatic carboxylic acids is 1. The molecule has 2 unspecified atom stereocenters. The molecule has 1 heterocycles. The largest absolute Gasteiger partial charge is 0.480 e. The van der Waals surface area contributed by atoms with Gasteiger partial charge in [0.15, 0.2) is 0 Å². The van der Waals surface area contributed by atoms with Crippen LogP contribution in [0.15, 0.2) is 0 Å². The molecule has 0 saturated carbocycles. The van der Waals surface area contributed by atoms with E-state index in [0.29, 0.717) is 12.5 Å². The third-order valence-electron chi connectivity index (χ3n) is 3.57. The van der Waals surface area contributed by atoms with Crippen LogP contribution < -0.4 is 5.32 Å². The number of ether oxygens (including phenoxy) is 1. The van der Waals surface area contributed by atoms with Gasteiger partial charge in [-0.15, -0.1) is 0 Å². The van der Waals surface area contributed by atoms with Crippen LogP contribution in [0.1, 0.15) is 33.1 Å². The Hall–Kier alpha value is -1.79. The van der Waals surface area contributed by atoms with Gasteiger partial charge >= 0.3 is 18.0 Å². The average Bonchev–Trinajstić information content (AvgIpc) is 2.40. The highest BCUT2D eigenvalue weighted by Gasteiger charge is 2.30. The zero-order valence-electron chi connectivity index (χ0n) is 12.1. The van der Waals surface area contributed by atoms with Crippen LogP contribution in [0, 0.1) is 5.92 Å². The molecule has 1 aliphatic heterocycles. The fraction of sp³-hybridized carbons (Fsp3) is 0.769. The van der Waals surface area contributed by atoms with Crippen molar-refractivity contribution in [3.05, 3.63) is 0 Å². The van der Waals surface area contributed by atoms with E-state index in [1.165, 1.54) is 7.11 Å². The second-order valence-corrected chi connectivity index (χ2v) is 5.30. The van der Waals surface area contributed by atoms with Crippen LogP contribution in [0.4, 0.5) is 4.79 Å². The van der Waals surface area contributed by atoms with E-state index in [0.717, 1.165) is 12.8 Å². The Morgan fingerprint density at radius 2 is 2.00 bits per heavy atom. The maximum Gasteiger partial charge on any atom is 0.326 e. The quantitative estimate of drug-likeness (QED) is 0.746. The van der Waals surface area contributed by atoms with Crippen molar-refractivity contribution in [2.24, 2.45) is 5.92 Å². The van der Waals surface area contributed by atoms with Gasteiger partial charge in [-0.1, -0.05) is 6.92 Å². The van der Waals surface area contributed by atoms with Crippen LogP contribution in [-0.2, 0) is 14.3 Å². The van der Waals surface area contributed by atoms with Gasteiger partial charge < -0.3 is 20.1 Å². The summed E-state index contributed by atoms with van der Waals surface area (Å²) in [6, 6.07) is -1.64. The third kappa shape index (κ3) is 4.40. The summed E-state index contributed by atoms with van der Waals surface area (Å²) in [6.45, 7) is 4.58. The Bertz CT molecular complexity index is 385. The Morgan fingerprint density at radius 1 is 1.35 bits per heavy atom. The standard InChI is InChI=1S/C13H22N2O5/c1-8-4-5-9(2)15(7-8)13(19)14-10(12(17)18)6-11(16)20-3/h8-10H,4-7H2,1-3H3,(H,14,19)(H,17,18)/t8?,9?,10-/m0/s1. The second-order valence-electron chi connectivity index (χ2n) is 5.30. The lowest BCUT2D eigenvalue weighted by atomic mass is 9.95. The molecule has 0 aromatic heterocycles. The molecule has 2 amide bonds. The maximum absolute atomic E-state index is 12.1. The molecule has 0 aromatic carbocycles. The highest BCUT2D eigenvalue weighted by molar-refractivity contribution is 5.86. The van der Waals surface area contributed by atoms with Gasteiger partial charge in [0.25, 0.3) is 0 Å². The van der Waals surface area contributed by atoms with Gasteiger partial charge in [-0.2, -0.15) is 0 Å². The SMILES string of the molecule is COC(=O)C[C@H](NC(=O)N1CC(C)CCC1C)C(=O)O. The van der Waals surface area contributed by atoms with Crippen LogP contribution in [-0.4, -0.2) is 53.7 Å². The van der Waals surface area contributed by atoms with Crippen molar-refractivity contribution in [3.8, 4) is 0 Å². The molecule has 7 nitrogen and oxygen atoms in total. The minimum Gasteiger partial charge on any atom is -0.480 e. The number of likely N-dealkylation sites (tertiary alicyclic amines) is 1. The number of urea groups is 1. The number of carboxylic acids is 1. The molecule has 2 N–H and O–H groups in total. The summed E-state index contributed by atoms with van der Waals surface area (Å²) >= 11 is 0. The lowest BCUT2D eigenvalue weighted by Crippen LogP contribution is -2.54. The lowest BCUT2D eigenvalue weighted by Gasteiger charge is -2.37. The van der Waals surface area contributed by atoms with Crippen molar-refractivity contribution in [2.75, 3.05) is 13.7 Å². The Morgan fingerprint density at radius 3 is 2.55 bits per heavy atom. The summed E-state index contributed by atoms with van der Waals surface area (Å²) in [5.74, 6) is -1.53. The van der Waals surface area contributed by atoms with Gasteiger partial charge in [0.05, 0.1) is 13.5 Å². The fourth-order valence-corrected chi connectivity index (χ4v) is 2.25. The highest BCUT2D eigenvalue weighted by Crippen LogP contribution is 2.21. The minimum atomic E-state index is -1.26. The third-order valence-corrected chi connectivity index (χ3v) is 3.57. The molecule has 114 valence electrons. The van der Waals surface area contributed by atoms with Gasteiger partial charge in [0, 0.05) is 12.6 Å². The minimum absolute atomic E-state index is 0.0683. The van der Waals surface area contributed by atoms with Gasteiger partial charge in [-0.05, 0) is 25.7 Å². The van der Waals surface area contributed by atoms with Gasteiger partial charge in [0.1, 0.15) is 6.04 Å². The van der Waals surface area contributed by atoms with E-state index in [-0.39, 0.29) is 12.5 Å². The molecule has 1 fully saturated rings. The lowest BCUT2D eigenvalue weighted by molar-refractivity contribution is -0.147. The summed E-state index contributed by atoms with van der Waals surface area (Å²) < 4.78 is 4.43. The summed E-state index contributed by atoms with van der Waals surface area (Å²) in [4.78, 5) is 36.0. The van der Waals surface area contributed by atoms with E-state index in [2.05, 4.69) is 17.0 Å². The number of esters is 1. The van der Waals surface area contributed by atoms with Crippen LogP contribution in [0.25, 0.3) is 0 Å². The molecular formula is C13H22N2O5. The van der Waals surface area contributed by atoms with Crippen molar-refractivity contribution < 1.29 is 24.2 Å². The number of rotatable bonds is 4. The molecule has 1 aliphatic rings. The predicted molar refractivity (Wildman–Crippen MR) is 71.2 cm³/mol. The number of nitrogens with one attached hydrogen (secondary N) is 1. The molecule has 0 bridgehead atoms. The smallest absolute Gasteiger partial charge is 0.326 e. The number of hydrogen-bond acceptors (Lipinski definition) is 4. The first-order chi connectivity index (χ1) is 9.35. The van der Waals surface area contributed by atoms with Crippen molar-refractivity contribution >= 4 is 18.0 Å². The molecule has 1 rings (SSSR count). The van der Waals surface area contributed by atoms with Crippen molar-refractivity contribution in [3.63, 3.8) is 0 Å². The van der Waals surface area contributed by atoms with E-state index in [1.807, 2.05) is 6.92 Å². The number of carbonyl (C=O) groups excluding carboxylic acids is 2. The monoisotopic (exact) mass is 286 g/mol. The topological polar surface area (TPSA) is 95.9 Å². The van der Waals surface area contributed by atoms with Crippen molar-refractivity contribution in [1.82, 2.24) is 10.2 Å². The fourth-order valence-electron chi connectivity index (χ4n) is 2.25. The number of carbonyl (C=O) groups is 3. The van der Waals surface area contributed by atoms with E-state index < -0.39 is 24.0 Å². The summed E-state index contributed by atoms with van der Waals surface area (Å²) in [5.41, 5.74) is 0. The summed E-state index contributed by atoms with van der Waals surface area (Å²) in [7, 11) is 1.18. The first-order valence-corrected chi connectivity index (χ1v) is 6.71. The highest BCUT2D eigenvalue weighted by atomic mass is 16.5. The van der Waals surface area contributed by atoms with Gasteiger partial charge in [0.2, 0.25) is 0 Å². The number of hydrogen-bond donors (Lipinski definition) is 2. The molecule has 0 aromatic rings. The molecule has 3 atom stereocenters. The van der Waals surface area contributed by atoms with E-state index in [1.54, 1.807) is 4.90 Å². The summed E-state index contributed by atoms with van der Waals surface area (Å²) in [6.07, 6.45) is 1.56. The molecular weight excluding hydrogens is 264 g/mol. The first kappa shape index (κ1) is 16.3. The van der Waals surface area contributed by atoms with E-state index >= 15 is 0 Å². The molecule has 0 radical (unpaired) electrons. The van der Waals surface area contributed by atoms with Gasteiger partial charge in [-0.25, -0.2) is 9.59 Å². The van der Waals surface area contributed by atoms with E-state index in [9.17, 15) is 14.4 Å². The molecule has 7 heteroatoms. The molecule has 0 aliphatic carbocycles. The van der Waals surface area contributed by atoms with Crippen molar-refractivity contribution in [1.29, 1.82) is 0 Å². The van der Waals surface area contributed by atoms with Gasteiger partial charge in [-0.3, -0.25) is 4.79 Å². The molecule has 1 saturated heterocycles. The van der Waals surface area contributed by atoms with Crippen LogP contribution in [0.3, 0.4) is 0 Å². The first-order valence-electron chi connectivity index (χ1n) is 6.71. The van der Waals surface area contributed by atoms with Crippen molar-refractivity contribution in [2.45, 2.75) is 45.2 Å². The maximum atomic E-state index is 12.1. The number of nitrogens with zero attached hydrogens (tertiary/aromatic N) is 1. The Labute approximate surface area is 118 Å². The second kappa shape index (κ2) is 7.12. The normalized spacial score (nSPS) is 23.9. The Kier molecular flexibility index (Phi) is 5.79. The molecule has 0 spiro atoms. The zero-order chi connectivity index (χ0) is 15.3. The van der Waals surface area contributed by atoms with E-state index in [4.69, 9.17) is 5.11 Å². The molecule has 20 heavy (non-hydrogen) atoms. The van der Waals surface area contributed by atoms with Crippen LogP contribution in [0.2, 0.25) is 0 Å². The zero-order valence-corrected chi connectivity index (χ0v) is 12.1. The average molecular weight is 286 g/mol. The number of methoxy groups -OCH3 is 1. The number of piperidine rings is 1. The number of amides is 2. The van der Waals surface area contributed by atoms with Crippen LogP contribution >= 0.6 is 0 Å². The number of carboxylic acid groups (broad SMARTS) is 1. The summed E-state index contributed by atoms with van der Waals surface area (Å²) in [5, 5.41) is 11.4. The predicted octanol–water partition coefficient (Wildman–Crippen LogP) is 0.833. The van der Waals surface area contributed by atoms with Crippen LogP contribution in [0.5, 0.6) is 0 Å². The Balaban J connectivity index is 2.65.